The van der Waals surface area contributed by atoms with Crippen LogP contribution in [0.3, 0.4) is 0 Å². The first kappa shape index (κ1) is 15.4. The first-order valence-electron chi connectivity index (χ1n) is 5.61. The first-order valence-corrected chi connectivity index (χ1v) is 10.00. The first-order chi connectivity index (χ1) is 8.12. The van der Waals surface area contributed by atoms with Gasteiger partial charge in [0, 0.05) is 4.90 Å². The van der Waals surface area contributed by atoms with E-state index in [1.165, 1.54) is 0 Å². The van der Waals surface area contributed by atoms with E-state index in [0.717, 1.165) is 16.7 Å². The third kappa shape index (κ3) is 4.21. The van der Waals surface area contributed by atoms with Crippen molar-refractivity contribution in [2.45, 2.75) is 36.3 Å². The largest absolute Gasteiger partial charge is 0.393 e. The molecule has 0 spiro atoms. The van der Waals surface area contributed by atoms with Gasteiger partial charge in [-0.1, -0.05) is 56.2 Å². The number of thioether (sulfide) groups is 1. The molecule has 0 heterocycles. The lowest BCUT2D eigenvalue weighted by Gasteiger charge is -2.32. The Labute approximate surface area is 111 Å². The highest BCUT2D eigenvalue weighted by Gasteiger charge is 2.49. The van der Waals surface area contributed by atoms with Crippen LogP contribution in [0.2, 0.25) is 25.2 Å². The Hall–Kier alpha value is -0.683. The minimum absolute atomic E-state index is 0.202. The van der Waals surface area contributed by atoms with Crippen LogP contribution in [0.1, 0.15) is 0 Å². The smallest absolute Gasteiger partial charge is 0.171 e. The van der Waals surface area contributed by atoms with E-state index in [9.17, 15) is 13.2 Å². The topological polar surface area (TPSA) is 0 Å². The maximum atomic E-state index is 13.1. The summed E-state index contributed by atoms with van der Waals surface area (Å²) in [7, 11) is -2.38. The number of hydrogen-bond donors (Lipinski definition) is 0. The highest BCUT2D eigenvalue weighted by atomic mass is 32.2. The van der Waals surface area contributed by atoms with Gasteiger partial charge in [-0.25, -0.2) is 0 Å². The molecule has 1 rings (SSSR count). The number of hydrogen-bond acceptors (Lipinski definition) is 1. The molecular weight excluding hydrogens is 273 g/mol. The molecule has 1 aromatic rings. The Kier molecular flexibility index (Phi) is 4.72. The molecule has 5 heteroatoms. The number of allylic oxidation sites excluding steroid dienone is 1. The molecule has 18 heavy (non-hydrogen) atoms. The number of halogens is 3. The Bertz CT molecular complexity index is 392. The van der Waals surface area contributed by atoms with Gasteiger partial charge < -0.3 is 0 Å². The molecular formula is C13H17F3SSi. The SMILES string of the molecule is C=C(Sc1ccccc1)C(C(F)(F)F)[Si](C)(C)C. The van der Waals surface area contributed by atoms with Crippen molar-refractivity contribution >= 4 is 19.8 Å². The fourth-order valence-corrected chi connectivity index (χ4v) is 5.89. The van der Waals surface area contributed by atoms with Crippen molar-refractivity contribution in [3.05, 3.63) is 41.8 Å². The molecule has 0 aliphatic rings. The van der Waals surface area contributed by atoms with Gasteiger partial charge in [0.05, 0.1) is 13.6 Å². The average molecular weight is 290 g/mol. The van der Waals surface area contributed by atoms with Crippen LogP contribution in [0, 0.1) is 0 Å². The summed E-state index contributed by atoms with van der Waals surface area (Å²) < 4.78 is 39.4. The van der Waals surface area contributed by atoms with Gasteiger partial charge in [-0.3, -0.25) is 0 Å². The molecule has 0 bridgehead atoms. The normalized spacial score (nSPS) is 14.3. The molecule has 0 aliphatic heterocycles. The van der Waals surface area contributed by atoms with Crippen molar-refractivity contribution in [3.8, 4) is 0 Å². The maximum Gasteiger partial charge on any atom is 0.393 e. The summed E-state index contributed by atoms with van der Waals surface area (Å²) >= 11 is 1.13. The maximum absolute atomic E-state index is 13.1. The van der Waals surface area contributed by atoms with Crippen molar-refractivity contribution in [1.82, 2.24) is 0 Å². The second kappa shape index (κ2) is 5.53. The molecule has 100 valence electrons. The van der Waals surface area contributed by atoms with Gasteiger partial charge in [-0.2, -0.15) is 13.2 Å². The van der Waals surface area contributed by atoms with Gasteiger partial charge in [-0.05, 0) is 17.0 Å². The molecule has 0 nitrogen and oxygen atoms in total. The molecule has 1 unspecified atom stereocenters. The molecule has 0 aliphatic carbocycles. The van der Waals surface area contributed by atoms with E-state index in [0.29, 0.717) is 0 Å². The Balaban J connectivity index is 2.92. The third-order valence-electron chi connectivity index (χ3n) is 2.51. The minimum atomic E-state index is -4.21. The molecule has 1 atom stereocenters. The summed E-state index contributed by atoms with van der Waals surface area (Å²) in [6, 6.07) is 9.06. The predicted octanol–water partition coefficient (Wildman–Crippen LogP) is 5.56. The highest BCUT2D eigenvalue weighted by molar-refractivity contribution is 8.03. The number of alkyl halides is 3. The van der Waals surface area contributed by atoms with Crippen molar-refractivity contribution < 1.29 is 13.2 Å². The second-order valence-electron chi connectivity index (χ2n) is 5.22. The van der Waals surface area contributed by atoms with E-state index >= 15 is 0 Å². The lowest BCUT2D eigenvalue weighted by molar-refractivity contribution is -0.126. The fourth-order valence-electron chi connectivity index (χ4n) is 1.86. The molecule has 0 radical (unpaired) electrons. The number of benzene rings is 1. The van der Waals surface area contributed by atoms with Crippen molar-refractivity contribution in [1.29, 1.82) is 0 Å². The summed E-state index contributed by atoms with van der Waals surface area (Å²) in [5.74, 6) is 0. The van der Waals surface area contributed by atoms with Crippen LogP contribution in [-0.2, 0) is 0 Å². The quantitative estimate of drug-likeness (QED) is 0.516. The number of rotatable bonds is 4. The van der Waals surface area contributed by atoms with E-state index in [-0.39, 0.29) is 4.91 Å². The van der Waals surface area contributed by atoms with Crippen molar-refractivity contribution in [3.63, 3.8) is 0 Å². The zero-order valence-electron chi connectivity index (χ0n) is 10.7. The summed E-state index contributed by atoms with van der Waals surface area (Å²) in [4.78, 5) is 1.00. The summed E-state index contributed by atoms with van der Waals surface area (Å²) in [6.45, 7) is 8.83. The lowest BCUT2D eigenvalue weighted by atomic mass is 10.4. The van der Waals surface area contributed by atoms with Crippen molar-refractivity contribution in [2.75, 3.05) is 0 Å². The van der Waals surface area contributed by atoms with Gasteiger partial charge >= 0.3 is 6.18 Å². The molecule has 0 amide bonds. The van der Waals surface area contributed by atoms with Crippen LogP contribution in [0.25, 0.3) is 0 Å². The second-order valence-corrected chi connectivity index (χ2v) is 11.7. The molecule has 0 saturated heterocycles. The Morgan fingerprint density at radius 3 is 2.06 bits per heavy atom. The highest BCUT2D eigenvalue weighted by Crippen LogP contribution is 2.48. The van der Waals surface area contributed by atoms with Gasteiger partial charge in [-0.15, -0.1) is 0 Å². The van der Waals surface area contributed by atoms with Crippen LogP contribution in [0.5, 0.6) is 0 Å². The van der Waals surface area contributed by atoms with E-state index < -0.39 is 19.8 Å². The van der Waals surface area contributed by atoms with Crippen LogP contribution < -0.4 is 0 Å². The van der Waals surface area contributed by atoms with E-state index in [2.05, 4.69) is 6.58 Å². The molecule has 0 aromatic heterocycles. The summed E-state index contributed by atoms with van der Waals surface area (Å²) in [5.41, 5.74) is -1.38. The van der Waals surface area contributed by atoms with E-state index in [1.54, 1.807) is 31.8 Å². The van der Waals surface area contributed by atoms with Crippen LogP contribution in [-0.4, -0.2) is 14.3 Å². The average Bonchev–Trinajstić information content (AvgIpc) is 2.13. The van der Waals surface area contributed by atoms with Gasteiger partial charge in [0.25, 0.3) is 0 Å². The summed E-state index contributed by atoms with van der Waals surface area (Å²) in [5, 5.41) is 0. The Morgan fingerprint density at radius 2 is 1.67 bits per heavy atom. The fraction of sp³-hybridized carbons (Fsp3) is 0.385. The zero-order chi connectivity index (χ0) is 14.0. The molecule has 0 saturated carbocycles. The lowest BCUT2D eigenvalue weighted by Crippen LogP contribution is -2.38. The third-order valence-corrected chi connectivity index (χ3v) is 6.13. The minimum Gasteiger partial charge on any atom is -0.171 e. The van der Waals surface area contributed by atoms with E-state index in [4.69, 9.17) is 0 Å². The monoisotopic (exact) mass is 290 g/mol. The van der Waals surface area contributed by atoms with Crippen molar-refractivity contribution in [2.24, 2.45) is 0 Å². The van der Waals surface area contributed by atoms with Crippen LogP contribution >= 0.6 is 11.8 Å². The predicted molar refractivity (Wildman–Crippen MR) is 74.6 cm³/mol. The van der Waals surface area contributed by atoms with Gasteiger partial charge in [0.1, 0.15) is 0 Å². The van der Waals surface area contributed by atoms with Crippen LogP contribution in [0.15, 0.2) is 46.7 Å². The molecule has 0 N–H and O–H groups in total. The zero-order valence-corrected chi connectivity index (χ0v) is 12.5. The molecule has 1 aromatic carbocycles. The molecule has 0 fully saturated rings. The van der Waals surface area contributed by atoms with Crippen LogP contribution in [0.4, 0.5) is 13.2 Å². The van der Waals surface area contributed by atoms with E-state index in [1.807, 2.05) is 18.2 Å². The van der Waals surface area contributed by atoms with Gasteiger partial charge in [0.2, 0.25) is 0 Å². The Morgan fingerprint density at radius 1 is 1.17 bits per heavy atom. The summed E-state index contributed by atoms with van der Waals surface area (Å²) in [6.07, 6.45) is -4.21. The van der Waals surface area contributed by atoms with Gasteiger partial charge in [0.15, 0.2) is 0 Å². The standard InChI is InChI=1S/C13H17F3SSi/c1-10(17-11-8-6-5-7-9-11)12(13(14,15)16)18(2,3)4/h5-9,12H,1H2,2-4H3.